The molecule has 4 aliphatic carbocycles. The van der Waals surface area contributed by atoms with E-state index in [-0.39, 0.29) is 35.5 Å². The predicted octanol–water partition coefficient (Wildman–Crippen LogP) is 2.80. The first-order valence-electron chi connectivity index (χ1n) is 18.6. The fraction of sp³-hybridized carbons (Fsp3) is 0.892. The third-order valence-electron chi connectivity index (χ3n) is 14.4. The molecular weight excluding hydrogens is 616 g/mol. The Kier molecular flexibility index (Phi) is 9.34. The van der Waals surface area contributed by atoms with Crippen molar-refractivity contribution in [2.75, 3.05) is 19.8 Å². The fourth-order valence-corrected chi connectivity index (χ4v) is 11.7. The van der Waals surface area contributed by atoms with Crippen LogP contribution < -0.4 is 10.6 Å². The monoisotopic (exact) mass is 674 g/mol. The van der Waals surface area contributed by atoms with E-state index in [2.05, 4.69) is 44.4 Å². The van der Waals surface area contributed by atoms with Crippen molar-refractivity contribution in [3.05, 3.63) is 11.6 Å². The Bertz CT molecular complexity index is 1270. The fourth-order valence-electron chi connectivity index (χ4n) is 11.7. The second-order valence-electron chi connectivity index (χ2n) is 17.0. The summed E-state index contributed by atoms with van der Waals surface area (Å²) in [4.78, 5) is 23.9. The van der Waals surface area contributed by atoms with E-state index in [4.69, 9.17) is 18.9 Å². The molecule has 6 fully saturated rings. The Morgan fingerprint density at radius 3 is 2.56 bits per heavy atom. The van der Waals surface area contributed by atoms with Gasteiger partial charge in [-0.3, -0.25) is 9.59 Å². The molecule has 11 heteroatoms. The van der Waals surface area contributed by atoms with Crippen LogP contribution in [0.3, 0.4) is 0 Å². The zero-order valence-electron chi connectivity index (χ0n) is 29.4. The molecule has 0 bridgehead atoms. The number of aliphatic hydroxyl groups is 3. The summed E-state index contributed by atoms with van der Waals surface area (Å²) < 4.78 is 25.9. The summed E-state index contributed by atoms with van der Waals surface area (Å²) in [6, 6.07) is -1.06. The normalized spacial score (nSPS) is 51.2. The number of nitrogens with one attached hydrogen (secondary N) is 2. The van der Waals surface area contributed by atoms with Crippen molar-refractivity contribution in [1.82, 2.24) is 10.6 Å². The van der Waals surface area contributed by atoms with Crippen molar-refractivity contribution in [3.63, 3.8) is 0 Å². The first-order valence-corrected chi connectivity index (χ1v) is 18.6. The topological polar surface area (TPSA) is 156 Å². The number of allylic oxidation sites excluding steroid dienone is 1. The maximum atomic E-state index is 12.6. The van der Waals surface area contributed by atoms with Gasteiger partial charge in [-0.1, -0.05) is 39.3 Å². The lowest BCUT2D eigenvalue weighted by atomic mass is 9.47. The molecule has 48 heavy (non-hydrogen) atoms. The third kappa shape index (κ3) is 5.67. The van der Waals surface area contributed by atoms with Crippen molar-refractivity contribution in [2.45, 2.75) is 141 Å². The van der Waals surface area contributed by atoms with Crippen LogP contribution >= 0.6 is 0 Å². The van der Waals surface area contributed by atoms with E-state index in [9.17, 15) is 24.9 Å². The lowest BCUT2D eigenvalue weighted by Gasteiger charge is -2.58. The predicted molar refractivity (Wildman–Crippen MR) is 175 cm³/mol. The first-order chi connectivity index (χ1) is 22.8. The maximum Gasteiger partial charge on any atom is 0.239 e. The summed E-state index contributed by atoms with van der Waals surface area (Å²) in [5.41, 5.74) is 1.77. The minimum Gasteiger partial charge on any atom is -0.394 e. The average molecular weight is 675 g/mol. The van der Waals surface area contributed by atoms with Crippen LogP contribution in [0.4, 0.5) is 0 Å². The third-order valence-corrected chi connectivity index (χ3v) is 14.4. The Labute approximate surface area is 284 Å². The molecule has 16 atom stereocenters. The molecule has 0 unspecified atom stereocenters. The van der Waals surface area contributed by atoms with Crippen molar-refractivity contribution >= 4 is 11.8 Å². The van der Waals surface area contributed by atoms with Gasteiger partial charge in [0.05, 0.1) is 32.0 Å². The summed E-state index contributed by atoms with van der Waals surface area (Å²) in [7, 11) is 0. The molecule has 0 aromatic heterocycles. The summed E-state index contributed by atoms with van der Waals surface area (Å²) >= 11 is 0. The van der Waals surface area contributed by atoms with Crippen LogP contribution in [0.25, 0.3) is 0 Å². The van der Waals surface area contributed by atoms with E-state index in [1.165, 1.54) is 31.8 Å². The standard InChI is InChI=1S/C37H58N2O9/c1-19-8-13-37(45-18-19)20(2)30-27(48-37)15-26-24-7-6-22-14-23(9-11-35(22,4)25(24)10-12-36(26,30)5)46-34-31(39-29(42)16-38-21(3)41)33(44)32(43)28(17-40)47-34/h6,19-20,23-28,30-34,40,43-44H,7-18H2,1-5H3,(H,38,41)(H,39,42)/t19-,20+,23+,24-,25+,26+,27+,28-,30+,31-,32-,33-,34-,35+,36+,37-/m1/s1. The highest BCUT2D eigenvalue weighted by atomic mass is 16.7. The van der Waals surface area contributed by atoms with Gasteiger partial charge in [-0.15, -0.1) is 0 Å². The van der Waals surface area contributed by atoms with E-state index < -0.39 is 48.9 Å². The minimum atomic E-state index is -1.41. The molecule has 270 valence electrons. The van der Waals surface area contributed by atoms with Crippen LogP contribution in [0.5, 0.6) is 0 Å². The molecule has 7 aliphatic rings. The van der Waals surface area contributed by atoms with Crippen LogP contribution in [0.1, 0.15) is 92.4 Å². The van der Waals surface area contributed by atoms with Gasteiger partial charge in [0.25, 0.3) is 0 Å². The van der Waals surface area contributed by atoms with E-state index in [1.807, 2.05) is 0 Å². The number of rotatable bonds is 6. The van der Waals surface area contributed by atoms with Gasteiger partial charge in [-0.25, -0.2) is 0 Å². The number of hydrogen-bond acceptors (Lipinski definition) is 9. The molecule has 3 aliphatic heterocycles. The SMILES string of the molecule is CC(=O)NCC(=O)N[C@H]1[C@H](O[C@H]2CC[C@@]3(C)C(=CC[C@H]4[C@@H]5C[C@@H]6O[C@]7(CC[C@@H](C)CO7)[C@@H](C)[C@@H]6[C@@]5(C)CC[C@@H]43)C2)O[C@H](CO)[C@@H](O)[C@@H]1O. The number of amides is 2. The molecule has 3 saturated heterocycles. The van der Waals surface area contributed by atoms with Crippen molar-refractivity contribution < 1.29 is 43.9 Å². The van der Waals surface area contributed by atoms with Gasteiger partial charge in [0, 0.05) is 19.3 Å². The van der Waals surface area contributed by atoms with E-state index in [1.54, 1.807) is 0 Å². The molecule has 3 heterocycles. The number of carbonyl (C=O) groups is 2. The van der Waals surface area contributed by atoms with E-state index in [0.717, 1.165) is 45.1 Å². The van der Waals surface area contributed by atoms with Gasteiger partial charge in [-0.2, -0.15) is 0 Å². The van der Waals surface area contributed by atoms with E-state index >= 15 is 0 Å². The number of hydrogen-bond donors (Lipinski definition) is 5. The largest absolute Gasteiger partial charge is 0.394 e. The molecule has 0 radical (unpaired) electrons. The number of fused-ring (bicyclic) bond motifs is 7. The lowest BCUT2D eigenvalue weighted by molar-refractivity contribution is -0.284. The second kappa shape index (κ2) is 12.9. The molecule has 5 N–H and O–H groups in total. The Morgan fingerprint density at radius 2 is 1.85 bits per heavy atom. The smallest absolute Gasteiger partial charge is 0.239 e. The Morgan fingerprint density at radius 1 is 1.06 bits per heavy atom. The molecule has 7 rings (SSSR count). The van der Waals surface area contributed by atoms with Crippen molar-refractivity contribution in [1.29, 1.82) is 0 Å². The number of aliphatic hydroxyl groups excluding tert-OH is 3. The average Bonchev–Trinajstić information content (AvgIpc) is 3.50. The van der Waals surface area contributed by atoms with Crippen LogP contribution in [-0.2, 0) is 28.5 Å². The highest BCUT2D eigenvalue weighted by Crippen LogP contribution is 2.70. The van der Waals surface area contributed by atoms with Crippen molar-refractivity contribution in [2.24, 2.45) is 46.3 Å². The summed E-state index contributed by atoms with van der Waals surface area (Å²) in [5, 5.41) is 36.4. The highest BCUT2D eigenvalue weighted by molar-refractivity contribution is 5.83. The van der Waals surface area contributed by atoms with Crippen molar-refractivity contribution in [3.8, 4) is 0 Å². The Hall–Kier alpha value is -1.60. The van der Waals surface area contributed by atoms with Gasteiger partial charge in [0.15, 0.2) is 12.1 Å². The van der Waals surface area contributed by atoms with Gasteiger partial charge in [-0.05, 0) is 91.8 Å². The highest BCUT2D eigenvalue weighted by Gasteiger charge is 2.68. The van der Waals surface area contributed by atoms with Crippen LogP contribution in [0.2, 0.25) is 0 Å². The van der Waals surface area contributed by atoms with Crippen LogP contribution in [0, 0.1) is 46.3 Å². The van der Waals surface area contributed by atoms with Gasteiger partial charge >= 0.3 is 0 Å². The van der Waals surface area contributed by atoms with Crippen LogP contribution in [-0.4, -0.2) is 95.5 Å². The number of carbonyl (C=O) groups excluding carboxylic acids is 2. The molecule has 1 spiro atoms. The zero-order valence-corrected chi connectivity index (χ0v) is 29.4. The number of ether oxygens (including phenoxy) is 4. The molecule has 2 amide bonds. The molecule has 3 saturated carbocycles. The lowest BCUT2D eigenvalue weighted by Crippen LogP contribution is -2.65. The maximum absolute atomic E-state index is 12.6. The van der Waals surface area contributed by atoms with Gasteiger partial charge in [0.2, 0.25) is 11.8 Å². The zero-order chi connectivity index (χ0) is 34.2. The van der Waals surface area contributed by atoms with E-state index in [0.29, 0.717) is 35.5 Å². The first kappa shape index (κ1) is 34.8. The van der Waals surface area contributed by atoms with Gasteiger partial charge < -0.3 is 44.9 Å². The minimum absolute atomic E-state index is 0.0842. The molecule has 0 aromatic carbocycles. The van der Waals surface area contributed by atoms with Gasteiger partial charge in [0.1, 0.15) is 24.4 Å². The Balaban J connectivity index is 1.04. The summed E-state index contributed by atoms with van der Waals surface area (Å²) in [5.74, 6) is 2.14. The second-order valence-corrected chi connectivity index (χ2v) is 17.0. The summed E-state index contributed by atoms with van der Waals surface area (Å²) in [6.07, 6.45) is 6.97. The molecule has 0 aromatic rings. The summed E-state index contributed by atoms with van der Waals surface area (Å²) in [6.45, 7) is 11.0. The molecular formula is C37H58N2O9. The van der Waals surface area contributed by atoms with Crippen LogP contribution in [0.15, 0.2) is 11.6 Å². The quantitative estimate of drug-likeness (QED) is 0.268. The molecule has 11 nitrogen and oxygen atoms in total.